The van der Waals surface area contributed by atoms with Gasteiger partial charge in [-0.05, 0) is 51.0 Å². The zero-order chi connectivity index (χ0) is 17.7. The Balaban J connectivity index is 2.14. The van der Waals surface area contributed by atoms with Crippen LogP contribution in [0.3, 0.4) is 0 Å². The summed E-state index contributed by atoms with van der Waals surface area (Å²) >= 11 is 0. The Kier molecular flexibility index (Phi) is 5.39. The van der Waals surface area contributed by atoms with Crippen LogP contribution < -0.4 is 10.6 Å². The predicted molar refractivity (Wildman–Crippen MR) is 97.2 cm³/mol. The normalized spacial score (nSPS) is 11.0. The van der Waals surface area contributed by atoms with Crippen molar-refractivity contribution in [3.8, 4) is 0 Å². The summed E-state index contributed by atoms with van der Waals surface area (Å²) < 4.78 is 0. The number of aryl methyl sites for hydroxylation is 1. The number of carbonyl (C=O) groups is 2. The number of carbonyl (C=O) groups excluding carboxylic acids is 2. The van der Waals surface area contributed by atoms with Gasteiger partial charge in [0.2, 0.25) is 5.91 Å². The SMILES string of the molecule is Cc1ccccc1CC(=O)Nc1ccccc1C(=O)NC(C)(C)C. The van der Waals surface area contributed by atoms with E-state index in [1.807, 2.05) is 52.0 Å². The summed E-state index contributed by atoms with van der Waals surface area (Å²) in [6.07, 6.45) is 0.280. The standard InChI is InChI=1S/C20H24N2O2/c1-14-9-5-6-10-15(14)13-18(23)21-17-12-8-7-11-16(17)19(24)22-20(2,3)4/h5-12H,13H2,1-4H3,(H,21,23)(H,22,24). The molecule has 0 heterocycles. The van der Waals surface area contributed by atoms with Crippen LogP contribution in [0, 0.1) is 6.92 Å². The van der Waals surface area contributed by atoms with Crippen molar-refractivity contribution < 1.29 is 9.59 Å². The Hall–Kier alpha value is -2.62. The van der Waals surface area contributed by atoms with Gasteiger partial charge in [-0.15, -0.1) is 0 Å². The minimum Gasteiger partial charge on any atom is -0.347 e. The van der Waals surface area contributed by atoms with Crippen molar-refractivity contribution in [1.82, 2.24) is 5.32 Å². The number of anilines is 1. The highest BCUT2D eigenvalue weighted by molar-refractivity contribution is 6.04. The van der Waals surface area contributed by atoms with E-state index in [1.54, 1.807) is 24.3 Å². The number of hydrogen-bond donors (Lipinski definition) is 2. The third kappa shape index (κ3) is 4.95. The molecule has 4 heteroatoms. The lowest BCUT2D eigenvalue weighted by Crippen LogP contribution is -2.40. The van der Waals surface area contributed by atoms with Crippen LogP contribution in [-0.2, 0) is 11.2 Å². The molecular weight excluding hydrogens is 300 g/mol. The van der Waals surface area contributed by atoms with Gasteiger partial charge in [0, 0.05) is 5.54 Å². The van der Waals surface area contributed by atoms with E-state index in [-0.39, 0.29) is 23.8 Å². The lowest BCUT2D eigenvalue weighted by atomic mass is 10.0. The van der Waals surface area contributed by atoms with Crippen LogP contribution >= 0.6 is 0 Å². The summed E-state index contributed by atoms with van der Waals surface area (Å²) in [6.45, 7) is 7.74. The quantitative estimate of drug-likeness (QED) is 0.901. The molecule has 0 spiro atoms. The first kappa shape index (κ1) is 17.7. The molecule has 0 fully saturated rings. The highest BCUT2D eigenvalue weighted by Gasteiger charge is 2.18. The molecule has 0 saturated carbocycles. The number of hydrogen-bond acceptors (Lipinski definition) is 2. The maximum Gasteiger partial charge on any atom is 0.253 e. The fraction of sp³-hybridized carbons (Fsp3) is 0.300. The van der Waals surface area contributed by atoms with E-state index in [0.29, 0.717) is 11.3 Å². The highest BCUT2D eigenvalue weighted by Crippen LogP contribution is 2.17. The maximum absolute atomic E-state index is 12.4. The summed E-state index contributed by atoms with van der Waals surface area (Å²) in [7, 11) is 0. The predicted octanol–water partition coefficient (Wildman–Crippen LogP) is 3.70. The molecule has 24 heavy (non-hydrogen) atoms. The van der Waals surface area contributed by atoms with E-state index in [9.17, 15) is 9.59 Å². The Labute approximate surface area is 143 Å². The van der Waals surface area contributed by atoms with Crippen molar-refractivity contribution in [2.45, 2.75) is 39.7 Å². The minimum absolute atomic E-state index is 0.139. The first-order chi connectivity index (χ1) is 11.3. The van der Waals surface area contributed by atoms with Gasteiger partial charge in [-0.25, -0.2) is 0 Å². The van der Waals surface area contributed by atoms with Gasteiger partial charge in [0.05, 0.1) is 17.7 Å². The molecule has 0 bridgehead atoms. The van der Waals surface area contributed by atoms with Crippen molar-refractivity contribution in [2.24, 2.45) is 0 Å². The van der Waals surface area contributed by atoms with Crippen LogP contribution in [0.15, 0.2) is 48.5 Å². The lowest BCUT2D eigenvalue weighted by molar-refractivity contribution is -0.115. The Morgan fingerprint density at radius 1 is 0.958 bits per heavy atom. The van der Waals surface area contributed by atoms with Crippen LogP contribution in [-0.4, -0.2) is 17.4 Å². The van der Waals surface area contributed by atoms with Crippen LogP contribution in [0.1, 0.15) is 42.3 Å². The monoisotopic (exact) mass is 324 g/mol. The second-order valence-electron chi connectivity index (χ2n) is 6.90. The van der Waals surface area contributed by atoms with E-state index in [4.69, 9.17) is 0 Å². The molecule has 0 unspecified atom stereocenters. The number of rotatable bonds is 4. The van der Waals surface area contributed by atoms with Crippen molar-refractivity contribution in [3.05, 3.63) is 65.2 Å². The third-order valence-corrected chi connectivity index (χ3v) is 3.55. The second kappa shape index (κ2) is 7.30. The van der Waals surface area contributed by atoms with Gasteiger partial charge in [0.15, 0.2) is 0 Å². The Morgan fingerprint density at radius 3 is 2.25 bits per heavy atom. The Bertz CT molecular complexity index is 745. The Morgan fingerprint density at radius 2 is 1.58 bits per heavy atom. The molecule has 0 aliphatic rings. The van der Waals surface area contributed by atoms with Gasteiger partial charge in [-0.2, -0.15) is 0 Å². The summed E-state index contributed by atoms with van der Waals surface area (Å²) in [6, 6.07) is 14.8. The molecule has 0 radical (unpaired) electrons. The number of benzene rings is 2. The van der Waals surface area contributed by atoms with Gasteiger partial charge < -0.3 is 10.6 Å². The number of nitrogens with one attached hydrogen (secondary N) is 2. The number of para-hydroxylation sites is 1. The zero-order valence-electron chi connectivity index (χ0n) is 14.6. The smallest absolute Gasteiger partial charge is 0.253 e. The van der Waals surface area contributed by atoms with E-state index in [0.717, 1.165) is 11.1 Å². The molecule has 2 aromatic carbocycles. The summed E-state index contributed by atoms with van der Waals surface area (Å²) in [5, 5.41) is 5.77. The lowest BCUT2D eigenvalue weighted by Gasteiger charge is -2.21. The first-order valence-electron chi connectivity index (χ1n) is 8.02. The summed E-state index contributed by atoms with van der Waals surface area (Å²) in [4.78, 5) is 24.8. The highest BCUT2D eigenvalue weighted by atomic mass is 16.2. The fourth-order valence-corrected chi connectivity index (χ4v) is 2.37. The van der Waals surface area contributed by atoms with Gasteiger partial charge in [-0.1, -0.05) is 36.4 Å². The molecule has 0 saturated heterocycles. The third-order valence-electron chi connectivity index (χ3n) is 3.55. The van der Waals surface area contributed by atoms with E-state index in [1.165, 1.54) is 0 Å². The maximum atomic E-state index is 12.4. The van der Waals surface area contributed by atoms with E-state index >= 15 is 0 Å². The molecule has 0 aliphatic carbocycles. The molecule has 2 aromatic rings. The fourth-order valence-electron chi connectivity index (χ4n) is 2.37. The van der Waals surface area contributed by atoms with Gasteiger partial charge >= 0.3 is 0 Å². The summed E-state index contributed by atoms with van der Waals surface area (Å²) in [5.41, 5.74) is 2.71. The van der Waals surface area contributed by atoms with Crippen molar-refractivity contribution in [3.63, 3.8) is 0 Å². The molecule has 0 aliphatic heterocycles. The zero-order valence-corrected chi connectivity index (χ0v) is 14.6. The van der Waals surface area contributed by atoms with Crippen LogP contribution in [0.4, 0.5) is 5.69 Å². The molecule has 2 amide bonds. The van der Waals surface area contributed by atoms with Gasteiger partial charge in [0.1, 0.15) is 0 Å². The average molecular weight is 324 g/mol. The largest absolute Gasteiger partial charge is 0.347 e. The number of amides is 2. The molecule has 0 aromatic heterocycles. The second-order valence-corrected chi connectivity index (χ2v) is 6.90. The van der Waals surface area contributed by atoms with Crippen molar-refractivity contribution in [1.29, 1.82) is 0 Å². The topological polar surface area (TPSA) is 58.2 Å². The molecule has 0 atom stereocenters. The molecule has 126 valence electrons. The molecular formula is C20H24N2O2. The first-order valence-corrected chi connectivity index (χ1v) is 8.02. The van der Waals surface area contributed by atoms with E-state index < -0.39 is 0 Å². The average Bonchev–Trinajstić information content (AvgIpc) is 2.48. The minimum atomic E-state index is -0.338. The van der Waals surface area contributed by atoms with Gasteiger partial charge in [-0.3, -0.25) is 9.59 Å². The van der Waals surface area contributed by atoms with Crippen LogP contribution in [0.2, 0.25) is 0 Å². The molecule has 2 rings (SSSR count). The van der Waals surface area contributed by atoms with Gasteiger partial charge in [0.25, 0.3) is 5.91 Å². The molecule has 2 N–H and O–H groups in total. The summed E-state index contributed by atoms with van der Waals surface area (Å²) in [5.74, 6) is -0.338. The van der Waals surface area contributed by atoms with Crippen LogP contribution in [0.25, 0.3) is 0 Å². The van der Waals surface area contributed by atoms with Crippen molar-refractivity contribution >= 4 is 17.5 Å². The van der Waals surface area contributed by atoms with Crippen molar-refractivity contribution in [2.75, 3.05) is 5.32 Å². The van der Waals surface area contributed by atoms with E-state index in [2.05, 4.69) is 10.6 Å². The van der Waals surface area contributed by atoms with Crippen LogP contribution in [0.5, 0.6) is 0 Å². The molecule has 4 nitrogen and oxygen atoms in total.